The monoisotopic (exact) mass is 269 g/mol. The van der Waals surface area contributed by atoms with Gasteiger partial charge in [-0.05, 0) is 24.7 Å². The van der Waals surface area contributed by atoms with Crippen molar-refractivity contribution in [3.8, 4) is 0 Å². The number of carbonyl (C=O) groups is 1. The minimum atomic E-state index is 0.0703. The first-order valence-electron chi connectivity index (χ1n) is 7.57. The van der Waals surface area contributed by atoms with Gasteiger partial charge >= 0.3 is 0 Å². The number of rotatable bonds is 4. The Balaban J connectivity index is 1.93. The number of Topliss-reactive ketones (excluding diaryl/α,β-unsaturated/α-hetero) is 1. The Kier molecular flexibility index (Phi) is 5.37. The van der Waals surface area contributed by atoms with Gasteiger partial charge in [-0.3, -0.25) is 9.69 Å². The SMILES string of the molecule is CC(C)C1CCC(=O)C(CN2CCOCC2CO)C1. The Hall–Kier alpha value is -0.450. The van der Waals surface area contributed by atoms with Crippen LogP contribution < -0.4 is 0 Å². The maximum Gasteiger partial charge on any atom is 0.137 e. The summed E-state index contributed by atoms with van der Waals surface area (Å²) in [7, 11) is 0. The molecule has 1 saturated carbocycles. The third-order valence-electron chi connectivity index (χ3n) is 4.76. The van der Waals surface area contributed by atoms with E-state index in [1.54, 1.807) is 0 Å². The molecule has 2 fully saturated rings. The lowest BCUT2D eigenvalue weighted by Gasteiger charge is -2.39. The maximum atomic E-state index is 12.1. The first-order chi connectivity index (χ1) is 9.11. The molecule has 110 valence electrons. The highest BCUT2D eigenvalue weighted by Gasteiger charge is 2.33. The van der Waals surface area contributed by atoms with Crippen molar-refractivity contribution >= 4 is 5.78 Å². The quantitative estimate of drug-likeness (QED) is 0.836. The summed E-state index contributed by atoms with van der Waals surface area (Å²) in [6.07, 6.45) is 2.81. The van der Waals surface area contributed by atoms with Crippen LogP contribution >= 0.6 is 0 Å². The molecule has 3 unspecified atom stereocenters. The highest BCUT2D eigenvalue weighted by molar-refractivity contribution is 5.82. The van der Waals surface area contributed by atoms with Gasteiger partial charge in [0, 0.05) is 25.4 Å². The van der Waals surface area contributed by atoms with E-state index in [2.05, 4.69) is 18.7 Å². The van der Waals surface area contributed by atoms with E-state index in [0.717, 1.165) is 32.4 Å². The molecule has 0 spiro atoms. The summed E-state index contributed by atoms with van der Waals surface area (Å²) in [5.41, 5.74) is 0. The van der Waals surface area contributed by atoms with Gasteiger partial charge in [-0.2, -0.15) is 0 Å². The number of morpholine rings is 1. The topological polar surface area (TPSA) is 49.8 Å². The number of hydrogen-bond acceptors (Lipinski definition) is 4. The van der Waals surface area contributed by atoms with E-state index < -0.39 is 0 Å². The number of aliphatic hydroxyl groups is 1. The second-order valence-corrected chi connectivity index (χ2v) is 6.35. The van der Waals surface area contributed by atoms with Crippen LogP contribution in [0.3, 0.4) is 0 Å². The second-order valence-electron chi connectivity index (χ2n) is 6.35. The van der Waals surface area contributed by atoms with Gasteiger partial charge in [0.2, 0.25) is 0 Å². The van der Waals surface area contributed by atoms with Crippen molar-refractivity contribution in [3.63, 3.8) is 0 Å². The summed E-state index contributed by atoms with van der Waals surface area (Å²) in [5, 5.41) is 9.39. The van der Waals surface area contributed by atoms with Gasteiger partial charge in [-0.15, -0.1) is 0 Å². The Bertz CT molecular complexity index is 306. The molecule has 1 heterocycles. The molecular formula is C15H27NO3. The fourth-order valence-electron chi connectivity index (χ4n) is 3.31. The number of hydrogen-bond donors (Lipinski definition) is 1. The van der Waals surface area contributed by atoms with Gasteiger partial charge in [0.1, 0.15) is 5.78 Å². The van der Waals surface area contributed by atoms with Crippen molar-refractivity contribution in [2.75, 3.05) is 32.9 Å². The smallest absolute Gasteiger partial charge is 0.137 e. The molecule has 4 heteroatoms. The molecule has 3 atom stereocenters. The van der Waals surface area contributed by atoms with Crippen LogP contribution in [0, 0.1) is 17.8 Å². The molecule has 1 aliphatic carbocycles. The van der Waals surface area contributed by atoms with Crippen LogP contribution in [-0.4, -0.2) is 54.7 Å². The number of ketones is 1. The van der Waals surface area contributed by atoms with Gasteiger partial charge in [0.25, 0.3) is 0 Å². The zero-order chi connectivity index (χ0) is 13.8. The second kappa shape index (κ2) is 6.82. The van der Waals surface area contributed by atoms with E-state index in [9.17, 15) is 9.90 Å². The Morgan fingerprint density at radius 1 is 1.47 bits per heavy atom. The summed E-state index contributed by atoms with van der Waals surface area (Å²) in [6, 6.07) is 0.0703. The van der Waals surface area contributed by atoms with Gasteiger partial charge < -0.3 is 9.84 Å². The lowest BCUT2D eigenvalue weighted by Crippen LogP contribution is -2.50. The number of ether oxygens (including phenoxy) is 1. The number of nitrogens with zero attached hydrogens (tertiary/aromatic N) is 1. The molecular weight excluding hydrogens is 242 g/mol. The molecule has 4 nitrogen and oxygen atoms in total. The van der Waals surface area contributed by atoms with E-state index in [0.29, 0.717) is 30.8 Å². The fraction of sp³-hybridized carbons (Fsp3) is 0.933. The molecule has 0 aromatic rings. The normalized spacial score (nSPS) is 33.9. The lowest BCUT2D eigenvalue weighted by atomic mass is 9.75. The lowest BCUT2D eigenvalue weighted by molar-refractivity contribution is -0.128. The van der Waals surface area contributed by atoms with E-state index >= 15 is 0 Å². The molecule has 0 aromatic heterocycles. The summed E-state index contributed by atoms with van der Waals surface area (Å²) in [4.78, 5) is 14.4. The van der Waals surface area contributed by atoms with Crippen molar-refractivity contribution in [1.29, 1.82) is 0 Å². The largest absolute Gasteiger partial charge is 0.395 e. The minimum Gasteiger partial charge on any atom is -0.395 e. The first-order valence-corrected chi connectivity index (χ1v) is 7.57. The third kappa shape index (κ3) is 3.77. The zero-order valence-electron chi connectivity index (χ0n) is 12.2. The highest BCUT2D eigenvalue weighted by Crippen LogP contribution is 2.32. The molecule has 19 heavy (non-hydrogen) atoms. The predicted molar refractivity (Wildman–Crippen MR) is 73.9 cm³/mol. The molecule has 1 aliphatic heterocycles. The van der Waals surface area contributed by atoms with Crippen LogP contribution in [-0.2, 0) is 9.53 Å². The number of aliphatic hydroxyl groups excluding tert-OH is 1. The number of carbonyl (C=O) groups excluding carboxylic acids is 1. The van der Waals surface area contributed by atoms with E-state index in [1.165, 1.54) is 0 Å². The summed E-state index contributed by atoms with van der Waals surface area (Å²) in [6.45, 7) is 7.56. The standard InChI is InChI=1S/C15H27NO3/c1-11(2)12-3-4-15(18)13(7-12)8-16-5-6-19-10-14(16)9-17/h11-14,17H,3-10H2,1-2H3. The molecule has 0 radical (unpaired) electrons. The van der Waals surface area contributed by atoms with Crippen LogP contribution in [0.25, 0.3) is 0 Å². The molecule has 0 bridgehead atoms. The van der Waals surface area contributed by atoms with E-state index in [1.807, 2.05) is 0 Å². The van der Waals surface area contributed by atoms with Gasteiger partial charge in [-0.25, -0.2) is 0 Å². The van der Waals surface area contributed by atoms with E-state index in [4.69, 9.17) is 4.74 Å². The summed E-state index contributed by atoms with van der Waals surface area (Å²) >= 11 is 0. The molecule has 1 N–H and O–H groups in total. The average Bonchev–Trinajstić information content (AvgIpc) is 2.41. The molecule has 2 aliphatic rings. The molecule has 0 aromatic carbocycles. The van der Waals surface area contributed by atoms with Crippen molar-refractivity contribution in [2.24, 2.45) is 17.8 Å². The minimum absolute atomic E-state index is 0.0703. The zero-order valence-corrected chi connectivity index (χ0v) is 12.2. The van der Waals surface area contributed by atoms with Gasteiger partial charge in [0.05, 0.1) is 25.9 Å². The highest BCUT2D eigenvalue weighted by atomic mass is 16.5. The van der Waals surface area contributed by atoms with Crippen molar-refractivity contribution < 1.29 is 14.6 Å². The first kappa shape index (κ1) is 14.9. The van der Waals surface area contributed by atoms with E-state index in [-0.39, 0.29) is 18.6 Å². The Morgan fingerprint density at radius 2 is 2.26 bits per heavy atom. The van der Waals surface area contributed by atoms with Crippen molar-refractivity contribution in [3.05, 3.63) is 0 Å². The average molecular weight is 269 g/mol. The van der Waals surface area contributed by atoms with Crippen LogP contribution in [0.4, 0.5) is 0 Å². The van der Waals surface area contributed by atoms with Crippen molar-refractivity contribution in [2.45, 2.75) is 39.2 Å². The molecule has 0 amide bonds. The van der Waals surface area contributed by atoms with Gasteiger partial charge in [0.15, 0.2) is 0 Å². The molecule has 1 saturated heterocycles. The van der Waals surface area contributed by atoms with Crippen LogP contribution in [0.15, 0.2) is 0 Å². The van der Waals surface area contributed by atoms with Crippen LogP contribution in [0.1, 0.15) is 33.1 Å². The fourth-order valence-corrected chi connectivity index (χ4v) is 3.31. The molecule has 2 rings (SSSR count). The summed E-state index contributed by atoms with van der Waals surface area (Å²) in [5.74, 6) is 1.92. The Morgan fingerprint density at radius 3 is 2.95 bits per heavy atom. The van der Waals surface area contributed by atoms with Gasteiger partial charge in [-0.1, -0.05) is 13.8 Å². The third-order valence-corrected chi connectivity index (χ3v) is 4.76. The van der Waals surface area contributed by atoms with Crippen LogP contribution in [0.5, 0.6) is 0 Å². The van der Waals surface area contributed by atoms with Crippen molar-refractivity contribution in [1.82, 2.24) is 4.90 Å². The summed E-state index contributed by atoms with van der Waals surface area (Å²) < 4.78 is 5.39. The Labute approximate surface area is 116 Å². The predicted octanol–water partition coefficient (Wildman–Crippen LogP) is 1.32. The maximum absolute atomic E-state index is 12.1. The van der Waals surface area contributed by atoms with Crippen LogP contribution in [0.2, 0.25) is 0 Å².